The van der Waals surface area contributed by atoms with Crippen molar-refractivity contribution in [1.29, 1.82) is 0 Å². The number of aromatic nitrogens is 4. The number of fused-ring (bicyclic) bond motifs is 1. The molecule has 1 fully saturated rings. The minimum atomic E-state index is -0.690. The van der Waals surface area contributed by atoms with Crippen molar-refractivity contribution >= 4 is 28.7 Å². The number of nitrogens with zero attached hydrogens (tertiary/aromatic N) is 4. The zero-order valence-electron chi connectivity index (χ0n) is 15.0. The van der Waals surface area contributed by atoms with E-state index < -0.39 is 11.6 Å². The summed E-state index contributed by atoms with van der Waals surface area (Å²) in [5.74, 6) is -0.408. The Balaban J connectivity index is 1.79. The lowest BCUT2D eigenvalue weighted by atomic mass is 10.2. The van der Waals surface area contributed by atoms with Gasteiger partial charge in [0.15, 0.2) is 5.65 Å². The molecule has 1 saturated heterocycles. The van der Waals surface area contributed by atoms with Gasteiger partial charge in [-0.3, -0.25) is 4.57 Å². The van der Waals surface area contributed by atoms with Gasteiger partial charge in [0.05, 0.1) is 24.5 Å². The average Bonchev–Trinajstić information content (AvgIpc) is 3.23. The van der Waals surface area contributed by atoms with Crippen LogP contribution in [0.15, 0.2) is 24.4 Å². The van der Waals surface area contributed by atoms with Crippen LogP contribution in [0.2, 0.25) is 0 Å². The summed E-state index contributed by atoms with van der Waals surface area (Å²) in [6.07, 6.45) is 2.43. The van der Waals surface area contributed by atoms with Crippen molar-refractivity contribution in [2.75, 3.05) is 23.8 Å². The summed E-state index contributed by atoms with van der Waals surface area (Å²) in [6, 6.07) is 3.57. The molecule has 2 aromatic heterocycles. The number of benzene rings is 1. The van der Waals surface area contributed by atoms with E-state index in [9.17, 15) is 8.78 Å². The molecule has 4 rings (SSSR count). The molecule has 27 heavy (non-hydrogen) atoms. The summed E-state index contributed by atoms with van der Waals surface area (Å²) in [5, 5.41) is 6.13. The van der Waals surface area contributed by atoms with Gasteiger partial charge in [-0.25, -0.2) is 18.7 Å². The van der Waals surface area contributed by atoms with Gasteiger partial charge in [0.1, 0.15) is 17.2 Å². The van der Waals surface area contributed by atoms with Gasteiger partial charge in [-0.05, 0) is 32.4 Å². The van der Waals surface area contributed by atoms with E-state index >= 15 is 0 Å². The van der Waals surface area contributed by atoms with E-state index in [1.165, 1.54) is 12.1 Å². The van der Waals surface area contributed by atoms with E-state index in [0.717, 1.165) is 12.5 Å². The Morgan fingerprint density at radius 2 is 2.11 bits per heavy atom. The van der Waals surface area contributed by atoms with Crippen LogP contribution in [-0.2, 0) is 4.74 Å². The van der Waals surface area contributed by atoms with Crippen LogP contribution in [0.5, 0.6) is 0 Å². The molecule has 2 N–H and O–H groups in total. The first kappa shape index (κ1) is 17.6. The SMILES string of the molecule is CC(C)Nc1ncc2nc(Nc3ccc(F)cc3F)n(C3CCOC3)c2n1. The number of hydrogen-bond donors (Lipinski definition) is 2. The van der Waals surface area contributed by atoms with Gasteiger partial charge in [0.25, 0.3) is 0 Å². The molecule has 0 bridgehead atoms. The lowest BCUT2D eigenvalue weighted by Gasteiger charge is -2.16. The highest BCUT2D eigenvalue weighted by Gasteiger charge is 2.25. The van der Waals surface area contributed by atoms with Crippen molar-refractivity contribution in [3.05, 3.63) is 36.0 Å². The molecular weight excluding hydrogens is 354 g/mol. The van der Waals surface area contributed by atoms with Gasteiger partial charge in [-0.2, -0.15) is 4.98 Å². The molecular formula is C18H20F2N6O. The molecule has 9 heteroatoms. The molecule has 1 aliphatic rings. The fourth-order valence-electron chi connectivity index (χ4n) is 3.09. The molecule has 1 aromatic carbocycles. The molecule has 1 unspecified atom stereocenters. The molecule has 7 nitrogen and oxygen atoms in total. The summed E-state index contributed by atoms with van der Waals surface area (Å²) in [7, 11) is 0. The Kier molecular flexibility index (Phi) is 4.61. The lowest BCUT2D eigenvalue weighted by molar-refractivity contribution is 0.187. The molecule has 3 heterocycles. The van der Waals surface area contributed by atoms with Crippen molar-refractivity contribution in [3.8, 4) is 0 Å². The highest BCUT2D eigenvalue weighted by Crippen LogP contribution is 2.31. The fourth-order valence-corrected chi connectivity index (χ4v) is 3.09. The van der Waals surface area contributed by atoms with Crippen LogP contribution in [0, 0.1) is 11.6 Å². The second-order valence-electron chi connectivity index (χ2n) is 6.77. The van der Waals surface area contributed by atoms with Crippen molar-refractivity contribution in [3.63, 3.8) is 0 Å². The van der Waals surface area contributed by atoms with Crippen molar-refractivity contribution in [2.45, 2.75) is 32.4 Å². The van der Waals surface area contributed by atoms with E-state index in [1.54, 1.807) is 6.20 Å². The van der Waals surface area contributed by atoms with Gasteiger partial charge >= 0.3 is 0 Å². The predicted molar refractivity (Wildman–Crippen MR) is 98.2 cm³/mol. The quantitative estimate of drug-likeness (QED) is 0.710. The summed E-state index contributed by atoms with van der Waals surface area (Å²) in [6.45, 7) is 5.15. The topological polar surface area (TPSA) is 76.9 Å². The Bertz CT molecular complexity index is 968. The Morgan fingerprint density at radius 3 is 2.81 bits per heavy atom. The Hall–Kier alpha value is -2.81. The van der Waals surface area contributed by atoms with Crippen LogP contribution in [0.25, 0.3) is 11.2 Å². The fraction of sp³-hybridized carbons (Fsp3) is 0.389. The third-order valence-corrected chi connectivity index (χ3v) is 4.30. The van der Waals surface area contributed by atoms with Gasteiger partial charge in [-0.1, -0.05) is 0 Å². The standard InChI is InChI=1S/C18H20F2N6O/c1-10(2)22-17-21-8-15-16(25-17)26(12-5-6-27-9-12)18(24-15)23-14-4-3-11(19)7-13(14)20/h3-4,7-8,10,12H,5-6,9H2,1-2H3,(H,23,24)(H,21,22,25). The molecule has 1 atom stereocenters. The van der Waals surface area contributed by atoms with Crippen molar-refractivity contribution < 1.29 is 13.5 Å². The molecule has 0 saturated carbocycles. The highest BCUT2D eigenvalue weighted by atomic mass is 19.1. The first-order chi connectivity index (χ1) is 13.0. The van der Waals surface area contributed by atoms with E-state index in [-0.39, 0.29) is 17.8 Å². The first-order valence-corrected chi connectivity index (χ1v) is 8.82. The number of hydrogen-bond acceptors (Lipinski definition) is 6. The van der Waals surface area contributed by atoms with Crippen molar-refractivity contribution in [2.24, 2.45) is 0 Å². The second kappa shape index (κ2) is 7.07. The monoisotopic (exact) mass is 374 g/mol. The largest absolute Gasteiger partial charge is 0.379 e. The molecule has 0 spiro atoms. The number of ether oxygens (including phenoxy) is 1. The molecule has 3 aromatic rings. The van der Waals surface area contributed by atoms with Crippen LogP contribution in [-0.4, -0.2) is 38.8 Å². The maximum Gasteiger partial charge on any atom is 0.224 e. The Morgan fingerprint density at radius 1 is 1.26 bits per heavy atom. The lowest BCUT2D eigenvalue weighted by Crippen LogP contribution is -2.15. The smallest absolute Gasteiger partial charge is 0.224 e. The number of halogens is 2. The second-order valence-corrected chi connectivity index (χ2v) is 6.77. The molecule has 0 radical (unpaired) electrons. The molecule has 0 aliphatic carbocycles. The Labute approximate surface area is 154 Å². The van der Waals surface area contributed by atoms with Crippen LogP contribution < -0.4 is 10.6 Å². The van der Waals surface area contributed by atoms with Gasteiger partial charge in [0.2, 0.25) is 11.9 Å². The van der Waals surface area contributed by atoms with E-state index in [1.807, 2.05) is 18.4 Å². The minimum absolute atomic E-state index is 0.0165. The first-order valence-electron chi connectivity index (χ1n) is 8.82. The van der Waals surface area contributed by atoms with Gasteiger partial charge in [-0.15, -0.1) is 0 Å². The van der Waals surface area contributed by atoms with E-state index in [2.05, 4.69) is 25.6 Å². The summed E-state index contributed by atoms with van der Waals surface area (Å²) in [5.41, 5.74) is 1.36. The maximum absolute atomic E-state index is 14.1. The van der Waals surface area contributed by atoms with Crippen LogP contribution in [0.3, 0.4) is 0 Å². The summed E-state index contributed by atoms with van der Waals surface area (Å²) in [4.78, 5) is 13.4. The van der Waals surface area contributed by atoms with Gasteiger partial charge in [0, 0.05) is 18.7 Å². The zero-order valence-corrected chi connectivity index (χ0v) is 15.0. The van der Waals surface area contributed by atoms with Gasteiger partial charge < -0.3 is 15.4 Å². The summed E-state index contributed by atoms with van der Waals surface area (Å²) < 4.78 is 34.7. The van der Waals surface area contributed by atoms with Crippen LogP contribution in [0.1, 0.15) is 26.3 Å². The van der Waals surface area contributed by atoms with Crippen LogP contribution in [0.4, 0.5) is 26.4 Å². The minimum Gasteiger partial charge on any atom is -0.379 e. The van der Waals surface area contributed by atoms with E-state index in [0.29, 0.717) is 36.3 Å². The predicted octanol–water partition coefficient (Wildman–Crippen LogP) is 3.63. The molecule has 0 amide bonds. The zero-order chi connectivity index (χ0) is 19.0. The average molecular weight is 374 g/mol. The van der Waals surface area contributed by atoms with Crippen molar-refractivity contribution in [1.82, 2.24) is 19.5 Å². The highest BCUT2D eigenvalue weighted by molar-refractivity contribution is 5.76. The molecule has 1 aliphatic heterocycles. The third kappa shape index (κ3) is 3.55. The summed E-state index contributed by atoms with van der Waals surface area (Å²) >= 11 is 0. The number of nitrogens with one attached hydrogen (secondary N) is 2. The number of anilines is 3. The maximum atomic E-state index is 14.1. The normalized spacial score (nSPS) is 17.0. The molecule has 142 valence electrons. The van der Waals surface area contributed by atoms with E-state index in [4.69, 9.17) is 4.74 Å². The third-order valence-electron chi connectivity index (χ3n) is 4.30. The number of rotatable bonds is 5. The number of imidazole rings is 1. The van der Waals surface area contributed by atoms with Crippen LogP contribution >= 0.6 is 0 Å².